The van der Waals surface area contributed by atoms with Crippen LogP contribution in [0.25, 0.3) is 0 Å². The predicted molar refractivity (Wildman–Crippen MR) is 57.9 cm³/mol. The summed E-state index contributed by atoms with van der Waals surface area (Å²) < 4.78 is 0. The van der Waals surface area contributed by atoms with Crippen molar-refractivity contribution in [3.8, 4) is 13.1 Å². The highest BCUT2D eigenvalue weighted by Crippen LogP contribution is 1.15. The van der Waals surface area contributed by atoms with Gasteiger partial charge in [0.05, 0.1) is 0 Å². The summed E-state index contributed by atoms with van der Waals surface area (Å²) in [5.74, 6) is 2.83. The van der Waals surface area contributed by atoms with E-state index in [1.807, 2.05) is 34.5 Å². The lowest BCUT2D eigenvalue weighted by atomic mass is 11.0. The number of nitrogens with zero attached hydrogens (tertiary/aromatic N) is 2. The van der Waals surface area contributed by atoms with Crippen molar-refractivity contribution in [3.63, 3.8) is 0 Å². The monoisotopic (exact) mass is 190 g/mol. The predicted octanol–water partition coefficient (Wildman–Crippen LogP) is 2.76. The van der Waals surface area contributed by atoms with Crippen molar-refractivity contribution >= 4 is 24.9 Å². The molecule has 0 aliphatic heterocycles. The quantitative estimate of drug-likeness (QED) is 0.551. The minimum absolute atomic E-state index is 2.00. The number of nitriles is 2. The number of thiocarbonyl (C=S) groups is 1. The van der Waals surface area contributed by atoms with E-state index in [1.165, 1.54) is 0 Å². The van der Waals surface area contributed by atoms with Crippen molar-refractivity contribution in [2.75, 3.05) is 0 Å². The van der Waals surface area contributed by atoms with Crippen LogP contribution in [0.4, 0.5) is 0 Å². The molecule has 3 nitrogen and oxygen atoms in total. The number of carbonyl (C=O) groups excluding carboxylic acids is 1. The van der Waals surface area contributed by atoms with Crippen molar-refractivity contribution < 1.29 is 4.79 Å². The largest absolute Gasteiger partial charge is 0.307 e. The number of hydrogen-bond donors (Lipinski definition) is 0. The fourth-order valence-electron chi connectivity index (χ4n) is 0. The van der Waals surface area contributed by atoms with E-state index < -0.39 is 0 Å². The molecule has 0 atom stereocenters. The Morgan fingerprint density at radius 3 is 0.833 bits per heavy atom. The third-order valence-corrected chi connectivity index (χ3v) is 0. The first-order chi connectivity index (χ1) is 6.00. The van der Waals surface area contributed by atoms with Gasteiger partial charge in [0, 0.05) is 13.1 Å². The lowest BCUT2D eigenvalue weighted by Gasteiger charge is -1.07. The number of carbonyl (C=O) groups is 1. The molecule has 0 aliphatic carbocycles. The Labute approximate surface area is 81.6 Å². The van der Waals surface area contributed by atoms with Crippen LogP contribution in [0.15, 0.2) is 0 Å². The van der Waals surface area contributed by atoms with E-state index in [-0.39, 0.29) is 0 Å². The Bertz CT molecular complexity index is 47.5. The standard InChI is InChI=1S/2C2H6.2CHN.CH2O.CH2S/c6*1-2/h2*1-2H3;2*1H;2*1H2. The van der Waals surface area contributed by atoms with Gasteiger partial charge in [-0.1, -0.05) is 39.9 Å². The first-order valence-corrected chi connectivity index (χ1v) is 3.67. The van der Waals surface area contributed by atoms with Crippen LogP contribution in [0.1, 0.15) is 27.7 Å². The fraction of sp³-hybridized carbons (Fsp3) is 0.500. The van der Waals surface area contributed by atoms with Crippen LogP contribution < -0.4 is 0 Å². The van der Waals surface area contributed by atoms with Gasteiger partial charge >= 0.3 is 0 Å². The van der Waals surface area contributed by atoms with E-state index in [1.54, 1.807) is 0 Å². The zero-order valence-corrected chi connectivity index (χ0v) is 9.10. The second kappa shape index (κ2) is 469. The number of rotatable bonds is 0. The molecule has 4 heteroatoms. The van der Waals surface area contributed by atoms with Gasteiger partial charge in [0.15, 0.2) is 0 Å². The first kappa shape index (κ1) is 45.3. The van der Waals surface area contributed by atoms with Crippen molar-refractivity contribution in [1.82, 2.24) is 0 Å². The molecule has 0 saturated carbocycles. The topological polar surface area (TPSA) is 64.7 Å². The summed E-state index contributed by atoms with van der Waals surface area (Å²) in [6.07, 6.45) is 0. The molecule has 12 heavy (non-hydrogen) atoms. The molecular weight excluding hydrogens is 172 g/mol. The molecule has 0 amide bonds. The zero-order valence-electron chi connectivity index (χ0n) is 8.28. The van der Waals surface area contributed by atoms with Gasteiger partial charge in [-0.3, -0.25) is 0 Å². The summed E-state index contributed by atoms with van der Waals surface area (Å²) in [7, 11) is 0. The molecule has 0 bridgehead atoms. The molecule has 0 aromatic carbocycles. The highest BCUT2D eigenvalue weighted by molar-refractivity contribution is 7.77. The van der Waals surface area contributed by atoms with Gasteiger partial charge in [0.2, 0.25) is 0 Å². The van der Waals surface area contributed by atoms with Crippen LogP contribution in [-0.4, -0.2) is 12.7 Å². The van der Waals surface area contributed by atoms with Crippen LogP contribution in [0.2, 0.25) is 0 Å². The van der Waals surface area contributed by atoms with Crippen LogP contribution >= 0.6 is 12.2 Å². The molecule has 0 N–H and O–H groups in total. The molecular formula is C8H18N2OS. The molecule has 0 aliphatic rings. The Morgan fingerprint density at radius 1 is 0.833 bits per heavy atom. The highest BCUT2D eigenvalue weighted by atomic mass is 32.1. The smallest absolute Gasteiger partial charge is 0.106 e. The second-order valence-corrected chi connectivity index (χ2v) is 0. The van der Waals surface area contributed by atoms with E-state index in [4.69, 9.17) is 15.3 Å². The first-order valence-electron chi connectivity index (χ1n) is 3.09. The Morgan fingerprint density at radius 2 is 0.833 bits per heavy atom. The van der Waals surface area contributed by atoms with Crippen LogP contribution in [0.3, 0.4) is 0 Å². The fourth-order valence-corrected chi connectivity index (χ4v) is 0. The van der Waals surface area contributed by atoms with E-state index >= 15 is 0 Å². The second-order valence-electron chi connectivity index (χ2n) is 0. The summed E-state index contributed by atoms with van der Waals surface area (Å²) in [6, 6.07) is 0. The maximum absolute atomic E-state index is 8.00. The Hall–Kier alpha value is -1.26. The van der Waals surface area contributed by atoms with Crippen molar-refractivity contribution in [2.24, 2.45) is 0 Å². The minimum atomic E-state index is 2.00. The van der Waals surface area contributed by atoms with Gasteiger partial charge < -0.3 is 4.79 Å². The third kappa shape index (κ3) is 330. The zero-order chi connectivity index (χ0) is 12.0. The molecule has 0 aromatic rings. The van der Waals surface area contributed by atoms with E-state index in [0.717, 1.165) is 0 Å². The van der Waals surface area contributed by atoms with E-state index in [9.17, 15) is 0 Å². The minimum Gasteiger partial charge on any atom is -0.307 e. The van der Waals surface area contributed by atoms with Gasteiger partial charge in [-0.25, -0.2) is 10.5 Å². The molecule has 0 aromatic heterocycles. The van der Waals surface area contributed by atoms with Gasteiger partial charge in [-0.2, -0.15) is 0 Å². The molecule has 0 radical (unpaired) electrons. The lowest BCUT2D eigenvalue weighted by molar-refractivity contribution is -0.0979. The summed E-state index contributed by atoms with van der Waals surface area (Å²) in [6.45, 7) is 17.0. The van der Waals surface area contributed by atoms with Crippen molar-refractivity contribution in [2.45, 2.75) is 27.7 Å². The molecule has 0 rings (SSSR count). The van der Waals surface area contributed by atoms with Crippen LogP contribution in [-0.2, 0) is 4.79 Å². The normalized spacial score (nSPS) is 2.00. The molecule has 72 valence electrons. The summed E-state index contributed by atoms with van der Waals surface area (Å²) in [5.41, 5.74) is 0. The van der Waals surface area contributed by atoms with Crippen LogP contribution in [0.5, 0.6) is 0 Å². The maximum atomic E-state index is 8.00. The lowest BCUT2D eigenvalue weighted by Crippen LogP contribution is -0.925. The summed E-state index contributed by atoms with van der Waals surface area (Å²) >= 11 is 3.83. The SMILES string of the molecule is C#N.C#N.C=O.C=S.CC.CC. The number of hydrogen-bond acceptors (Lipinski definition) is 4. The molecule has 0 saturated heterocycles. The highest BCUT2D eigenvalue weighted by Gasteiger charge is 0.934. The third-order valence-electron chi connectivity index (χ3n) is 0. The maximum Gasteiger partial charge on any atom is 0.106 e. The summed E-state index contributed by atoms with van der Waals surface area (Å²) in [4.78, 5) is 8.00. The van der Waals surface area contributed by atoms with E-state index in [2.05, 4.69) is 31.2 Å². The Balaban J connectivity index is -0.00000000900. The van der Waals surface area contributed by atoms with Gasteiger partial charge in [-0.15, -0.1) is 0 Å². The van der Waals surface area contributed by atoms with Gasteiger partial charge in [-0.05, 0) is 5.87 Å². The van der Waals surface area contributed by atoms with Gasteiger partial charge in [0.1, 0.15) is 6.79 Å². The van der Waals surface area contributed by atoms with Crippen molar-refractivity contribution in [3.05, 3.63) is 0 Å². The van der Waals surface area contributed by atoms with E-state index in [0.29, 0.717) is 0 Å². The molecule has 0 unspecified atom stereocenters. The van der Waals surface area contributed by atoms with Gasteiger partial charge in [0.25, 0.3) is 0 Å². The average Bonchev–Trinajstić information content (AvgIpc) is 2.33. The molecule has 0 fully saturated rings. The Kier molecular flexibility index (Phi) is 1770. The molecule has 0 spiro atoms. The average molecular weight is 190 g/mol. The molecule has 0 heterocycles. The van der Waals surface area contributed by atoms with Crippen molar-refractivity contribution in [1.29, 1.82) is 10.5 Å². The van der Waals surface area contributed by atoms with Crippen LogP contribution in [0, 0.1) is 23.7 Å². The summed E-state index contributed by atoms with van der Waals surface area (Å²) in [5, 5.41) is 13.0.